The molecule has 0 aliphatic carbocycles. The van der Waals surface area contributed by atoms with Gasteiger partial charge >= 0.3 is 5.97 Å². The molecule has 0 bridgehead atoms. The highest BCUT2D eigenvalue weighted by Crippen LogP contribution is 2.15. The minimum atomic E-state index is -0.427. The van der Waals surface area contributed by atoms with Crippen molar-refractivity contribution in [3.63, 3.8) is 0 Å². The molecule has 1 aromatic carbocycles. The third-order valence-electron chi connectivity index (χ3n) is 2.33. The lowest BCUT2D eigenvalue weighted by Crippen LogP contribution is -2.08. The second-order valence-corrected chi connectivity index (χ2v) is 3.42. The van der Waals surface area contributed by atoms with Crippen molar-refractivity contribution >= 4 is 17.0 Å². The van der Waals surface area contributed by atoms with Crippen LogP contribution in [-0.4, -0.2) is 23.0 Å². The highest BCUT2D eigenvalue weighted by Gasteiger charge is 2.10. The van der Waals surface area contributed by atoms with E-state index in [0.717, 1.165) is 5.56 Å². The highest BCUT2D eigenvalue weighted by molar-refractivity contribution is 5.95. The fourth-order valence-corrected chi connectivity index (χ4v) is 1.52. The number of hydrogen-bond acceptors (Lipinski definition) is 4. The Hall–Kier alpha value is -2.17. The van der Waals surface area contributed by atoms with Gasteiger partial charge in [0.2, 0.25) is 0 Å². The van der Waals surface area contributed by atoms with Crippen LogP contribution in [0.25, 0.3) is 11.0 Å². The number of hydrogen-bond donors (Lipinski definition) is 1. The lowest BCUT2D eigenvalue weighted by molar-refractivity contribution is 0.0600. The number of carbonyl (C=O) groups is 1. The van der Waals surface area contributed by atoms with Crippen molar-refractivity contribution < 1.29 is 9.53 Å². The van der Waals surface area contributed by atoms with Crippen LogP contribution in [0.5, 0.6) is 0 Å². The maximum Gasteiger partial charge on any atom is 0.338 e. The van der Waals surface area contributed by atoms with E-state index in [1.54, 1.807) is 19.1 Å². The molecule has 0 radical (unpaired) electrons. The fourth-order valence-electron chi connectivity index (χ4n) is 1.52. The largest absolute Gasteiger partial charge is 0.465 e. The van der Waals surface area contributed by atoms with E-state index >= 15 is 0 Å². The zero-order chi connectivity index (χ0) is 11.7. The smallest absolute Gasteiger partial charge is 0.338 e. The number of ether oxygens (including phenoxy) is 1. The van der Waals surface area contributed by atoms with Gasteiger partial charge in [0, 0.05) is 0 Å². The molecule has 0 aliphatic heterocycles. The molecule has 1 aromatic heterocycles. The van der Waals surface area contributed by atoms with Gasteiger partial charge in [-0.15, -0.1) is 0 Å². The molecule has 0 aliphatic rings. The molecular formula is C11H10N2O3. The molecule has 82 valence electrons. The van der Waals surface area contributed by atoms with Crippen molar-refractivity contribution in [1.29, 1.82) is 0 Å². The van der Waals surface area contributed by atoms with Crippen LogP contribution in [-0.2, 0) is 4.74 Å². The van der Waals surface area contributed by atoms with Gasteiger partial charge in [0.1, 0.15) is 0 Å². The molecule has 0 fully saturated rings. The minimum Gasteiger partial charge on any atom is -0.465 e. The van der Waals surface area contributed by atoms with Gasteiger partial charge in [-0.1, -0.05) is 0 Å². The number of nitrogens with one attached hydrogen (secondary N) is 1. The van der Waals surface area contributed by atoms with E-state index in [4.69, 9.17) is 0 Å². The maximum absolute atomic E-state index is 11.4. The SMILES string of the molecule is COC(=O)c1cc2[nH]c(=O)cnc2cc1C. The fraction of sp³-hybridized carbons (Fsp3) is 0.182. The summed E-state index contributed by atoms with van der Waals surface area (Å²) in [6, 6.07) is 3.31. The third kappa shape index (κ3) is 1.67. The molecule has 2 rings (SSSR count). The van der Waals surface area contributed by atoms with Gasteiger partial charge in [-0.2, -0.15) is 0 Å². The molecule has 1 heterocycles. The Labute approximate surface area is 91.1 Å². The molecule has 0 saturated heterocycles. The molecule has 0 saturated carbocycles. The van der Waals surface area contributed by atoms with Crippen molar-refractivity contribution in [3.05, 3.63) is 39.8 Å². The predicted octanol–water partition coefficient (Wildman–Crippen LogP) is 1.02. The Morgan fingerprint density at radius 1 is 1.44 bits per heavy atom. The molecular weight excluding hydrogens is 208 g/mol. The Kier molecular flexibility index (Phi) is 2.44. The van der Waals surface area contributed by atoms with Crippen LogP contribution in [0.2, 0.25) is 0 Å². The summed E-state index contributed by atoms with van der Waals surface area (Å²) in [5, 5.41) is 0. The van der Waals surface area contributed by atoms with E-state index in [1.807, 2.05) is 0 Å². The maximum atomic E-state index is 11.4. The number of esters is 1. The van der Waals surface area contributed by atoms with Crippen molar-refractivity contribution in [3.8, 4) is 0 Å². The van der Waals surface area contributed by atoms with Gasteiger partial charge < -0.3 is 9.72 Å². The lowest BCUT2D eigenvalue weighted by atomic mass is 10.1. The number of methoxy groups -OCH3 is 1. The average molecular weight is 218 g/mol. The summed E-state index contributed by atoms with van der Waals surface area (Å²) < 4.78 is 4.64. The summed E-state index contributed by atoms with van der Waals surface area (Å²) in [6.07, 6.45) is 1.21. The molecule has 5 heteroatoms. The van der Waals surface area contributed by atoms with Crippen molar-refractivity contribution in [2.45, 2.75) is 6.92 Å². The van der Waals surface area contributed by atoms with Crippen LogP contribution >= 0.6 is 0 Å². The summed E-state index contributed by atoms with van der Waals surface area (Å²) in [6.45, 7) is 1.79. The van der Waals surface area contributed by atoms with E-state index < -0.39 is 5.97 Å². The zero-order valence-corrected chi connectivity index (χ0v) is 8.90. The highest BCUT2D eigenvalue weighted by atomic mass is 16.5. The van der Waals surface area contributed by atoms with Crippen molar-refractivity contribution in [1.82, 2.24) is 9.97 Å². The number of carbonyl (C=O) groups excluding carboxylic acids is 1. The molecule has 0 unspecified atom stereocenters. The van der Waals surface area contributed by atoms with Crippen LogP contribution < -0.4 is 5.56 Å². The number of H-pyrrole nitrogens is 1. The summed E-state index contributed by atoms with van der Waals surface area (Å²) in [4.78, 5) is 29.1. The predicted molar refractivity (Wildman–Crippen MR) is 58.4 cm³/mol. The van der Waals surface area contributed by atoms with Crippen molar-refractivity contribution in [2.24, 2.45) is 0 Å². The minimum absolute atomic E-state index is 0.299. The number of rotatable bonds is 1. The number of fused-ring (bicyclic) bond motifs is 1. The summed E-state index contributed by atoms with van der Waals surface area (Å²) in [5.74, 6) is -0.427. The van der Waals surface area contributed by atoms with E-state index in [1.165, 1.54) is 13.3 Å². The van der Waals surface area contributed by atoms with Gasteiger partial charge in [-0.25, -0.2) is 9.78 Å². The average Bonchev–Trinajstić information content (AvgIpc) is 2.28. The standard InChI is InChI=1S/C11H10N2O3/c1-6-3-8-9(13-10(14)5-12-8)4-7(6)11(15)16-2/h3-5H,1-2H3,(H,13,14). The van der Waals surface area contributed by atoms with Gasteiger partial charge in [0.05, 0.1) is 29.9 Å². The Morgan fingerprint density at radius 2 is 2.19 bits per heavy atom. The zero-order valence-electron chi connectivity index (χ0n) is 8.90. The number of nitrogens with zero attached hydrogens (tertiary/aromatic N) is 1. The van der Waals surface area contributed by atoms with Gasteiger partial charge in [-0.3, -0.25) is 4.79 Å². The molecule has 5 nitrogen and oxygen atoms in total. The number of aromatic nitrogens is 2. The number of aromatic amines is 1. The quantitative estimate of drug-likeness (QED) is 0.725. The first-order valence-corrected chi connectivity index (χ1v) is 4.70. The van der Waals surface area contributed by atoms with Crippen LogP contribution in [0.4, 0.5) is 0 Å². The van der Waals surface area contributed by atoms with Crippen molar-refractivity contribution in [2.75, 3.05) is 7.11 Å². The van der Waals surface area contributed by atoms with E-state index in [2.05, 4.69) is 14.7 Å². The van der Waals surface area contributed by atoms with E-state index in [-0.39, 0.29) is 5.56 Å². The summed E-state index contributed by atoms with van der Waals surface area (Å²) >= 11 is 0. The topological polar surface area (TPSA) is 72.1 Å². The first kappa shape index (κ1) is 10.4. The molecule has 0 amide bonds. The monoisotopic (exact) mass is 218 g/mol. The first-order valence-electron chi connectivity index (χ1n) is 4.70. The van der Waals surface area contributed by atoms with E-state index in [9.17, 15) is 9.59 Å². The van der Waals surface area contributed by atoms with Gasteiger partial charge in [0.25, 0.3) is 5.56 Å². The second-order valence-electron chi connectivity index (χ2n) is 3.42. The first-order chi connectivity index (χ1) is 7.61. The van der Waals surface area contributed by atoms with Gasteiger partial charge in [-0.05, 0) is 24.6 Å². The molecule has 0 spiro atoms. The van der Waals surface area contributed by atoms with Crippen LogP contribution in [0.1, 0.15) is 15.9 Å². The Bertz CT molecular complexity index is 616. The molecule has 0 atom stereocenters. The molecule has 1 N–H and O–H groups in total. The third-order valence-corrected chi connectivity index (χ3v) is 2.33. The van der Waals surface area contributed by atoms with Gasteiger partial charge in [0.15, 0.2) is 0 Å². The molecule has 16 heavy (non-hydrogen) atoms. The second kappa shape index (κ2) is 3.77. The molecule has 2 aromatic rings. The van der Waals surface area contributed by atoms with E-state index in [0.29, 0.717) is 16.6 Å². The Morgan fingerprint density at radius 3 is 2.88 bits per heavy atom. The number of aryl methyl sites for hydroxylation is 1. The lowest BCUT2D eigenvalue weighted by Gasteiger charge is -2.05. The summed E-state index contributed by atoms with van der Waals surface area (Å²) in [7, 11) is 1.32. The van der Waals surface area contributed by atoms with Crippen LogP contribution in [0.15, 0.2) is 23.1 Å². The Balaban J connectivity index is 2.73. The normalized spacial score (nSPS) is 10.4. The summed E-state index contributed by atoms with van der Waals surface area (Å²) in [5.41, 5.74) is 2.06. The number of benzene rings is 1. The van der Waals surface area contributed by atoms with Crippen LogP contribution in [0.3, 0.4) is 0 Å². The van der Waals surface area contributed by atoms with Crippen LogP contribution in [0, 0.1) is 6.92 Å².